The maximum absolute atomic E-state index is 9.89. The summed E-state index contributed by atoms with van der Waals surface area (Å²) in [6, 6.07) is -0.350. The summed E-state index contributed by atoms with van der Waals surface area (Å²) < 4.78 is 4.96. The molecule has 0 aliphatic carbocycles. The van der Waals surface area contributed by atoms with Crippen molar-refractivity contribution in [2.75, 3.05) is 13.2 Å². The molecule has 58 valence electrons. The van der Waals surface area contributed by atoms with Crippen molar-refractivity contribution in [1.82, 2.24) is 4.81 Å². The number of nitrogens with zero attached hydrogens (tertiary/aromatic N) is 1. The van der Waals surface area contributed by atoms with Crippen molar-refractivity contribution < 1.29 is 40.6 Å². The van der Waals surface area contributed by atoms with Crippen LogP contribution in [0.3, 0.4) is 0 Å². The minimum Gasteiger partial charge on any atom is -0.592 e. The molecule has 0 rings (SSSR count). The number of rotatable bonds is 5. The quantitative estimate of drug-likeness (QED) is 0.374. The molecule has 2 radical (unpaired) electrons. The molecule has 0 aromatic rings. The fourth-order valence-corrected chi connectivity index (χ4v) is 0.409. The molecule has 0 heterocycles. The molecular weight excluding hydrogens is 367 g/mol. The smallest absolute Gasteiger partial charge is 0.592 e. The molecule has 0 saturated heterocycles. The molecule has 0 fully saturated rings. The average Bonchev–Trinajstić information content (AvgIpc) is 1.98. The van der Waals surface area contributed by atoms with Gasteiger partial charge in [-0.1, -0.05) is 0 Å². The largest absolute Gasteiger partial charge is 2.00 e. The van der Waals surface area contributed by atoms with E-state index in [1.807, 2.05) is 6.92 Å². The first kappa shape index (κ1) is 14.1. The van der Waals surface area contributed by atoms with Gasteiger partial charge in [0.1, 0.15) is 0 Å². The Bertz CT molecular complexity index is 105. The van der Waals surface area contributed by atoms with E-state index in [9.17, 15) is 4.79 Å². The van der Waals surface area contributed by atoms with Crippen LogP contribution in [0.4, 0.5) is 0 Å². The summed E-state index contributed by atoms with van der Waals surface area (Å²) in [7, 11) is 5.12. The van der Waals surface area contributed by atoms with Crippen LogP contribution in [0.5, 0.6) is 0 Å². The third kappa shape index (κ3) is 6.93. The van der Waals surface area contributed by atoms with E-state index in [1.54, 1.807) is 0 Å². The van der Waals surface area contributed by atoms with Crippen molar-refractivity contribution in [3.63, 3.8) is 0 Å². The Balaban J connectivity index is 0. The summed E-state index contributed by atoms with van der Waals surface area (Å²) in [5.41, 5.74) is 0. The minimum atomic E-state index is -0.350. The third-order valence-corrected chi connectivity index (χ3v) is 1.01. The van der Waals surface area contributed by atoms with Gasteiger partial charge in [0.25, 0.3) is 0 Å². The summed E-state index contributed by atoms with van der Waals surface area (Å²) in [6.07, 6.45) is 1.49. The molecule has 3 nitrogen and oxygen atoms in total. The van der Waals surface area contributed by atoms with Crippen molar-refractivity contribution in [2.45, 2.75) is 13.0 Å². The predicted octanol–water partition coefficient (Wildman–Crippen LogP) is -0.322. The van der Waals surface area contributed by atoms with E-state index in [-0.39, 0.29) is 37.2 Å². The van der Waals surface area contributed by atoms with Gasteiger partial charge in [-0.25, -0.2) is 0 Å². The molecule has 5 heteroatoms. The summed E-state index contributed by atoms with van der Waals surface area (Å²) in [5, 5.41) is 0. The molecular formula is C6H10BNO2U. The number of hydrogen-bond acceptors (Lipinski definition) is 2. The van der Waals surface area contributed by atoms with Gasteiger partial charge in [0.15, 0.2) is 7.98 Å². The maximum Gasteiger partial charge on any atom is 2.00 e. The Labute approximate surface area is 92.7 Å². The van der Waals surface area contributed by atoms with Gasteiger partial charge in [0, 0.05) is 13.2 Å². The minimum absolute atomic E-state index is 0. The van der Waals surface area contributed by atoms with Crippen LogP contribution in [0, 0.1) is 38.0 Å². The monoisotopic (exact) mass is 377 g/mol. The number of hydrogen-bond donors (Lipinski definition) is 0. The van der Waals surface area contributed by atoms with Crippen LogP contribution in [0.25, 0.3) is 0 Å². The second kappa shape index (κ2) is 8.64. The van der Waals surface area contributed by atoms with Crippen molar-refractivity contribution >= 4 is 14.4 Å². The van der Waals surface area contributed by atoms with E-state index in [4.69, 9.17) is 12.7 Å². The molecule has 0 bridgehead atoms. The zero-order valence-electron chi connectivity index (χ0n) is 6.54. The molecule has 0 unspecified atom stereocenters. The van der Waals surface area contributed by atoms with Gasteiger partial charge >= 0.3 is 31.1 Å². The van der Waals surface area contributed by atoms with Gasteiger partial charge in [0.2, 0.25) is 0 Å². The van der Waals surface area contributed by atoms with Gasteiger partial charge in [-0.05, 0) is 6.92 Å². The Morgan fingerprint density at radius 3 is 2.73 bits per heavy atom. The maximum atomic E-state index is 9.89. The summed E-state index contributed by atoms with van der Waals surface area (Å²) in [4.78, 5) is 10.7. The molecule has 0 aromatic heterocycles. The molecule has 0 aliphatic rings. The molecule has 0 saturated carbocycles. The van der Waals surface area contributed by atoms with Gasteiger partial charge in [-0.2, -0.15) is 6.41 Å². The van der Waals surface area contributed by atoms with Crippen LogP contribution >= 0.6 is 0 Å². The van der Waals surface area contributed by atoms with Gasteiger partial charge < -0.3 is 21.3 Å². The van der Waals surface area contributed by atoms with Crippen molar-refractivity contribution in [3.8, 4) is 0 Å². The van der Waals surface area contributed by atoms with Crippen LogP contribution in [0.15, 0.2) is 0 Å². The molecule has 1 atom stereocenters. The Morgan fingerprint density at radius 1 is 1.82 bits per heavy atom. The van der Waals surface area contributed by atoms with Crippen LogP contribution in [-0.4, -0.2) is 38.5 Å². The van der Waals surface area contributed by atoms with Gasteiger partial charge in [-0.15, -0.1) is 6.04 Å². The zero-order chi connectivity index (χ0) is 7.98. The first-order valence-electron chi connectivity index (χ1n) is 3.05. The van der Waals surface area contributed by atoms with E-state index in [1.165, 1.54) is 6.41 Å². The van der Waals surface area contributed by atoms with Crippen molar-refractivity contribution in [1.29, 1.82) is 0 Å². The SMILES string of the molecule is [B]N([C-]=O)[C@H]([CH2-])COCC.[U+2]. The first-order chi connectivity index (χ1) is 4.72. The molecule has 0 spiro atoms. The van der Waals surface area contributed by atoms with Gasteiger partial charge in [0.05, 0.1) is 0 Å². The average molecular weight is 377 g/mol. The van der Waals surface area contributed by atoms with Crippen molar-refractivity contribution in [3.05, 3.63) is 6.92 Å². The summed E-state index contributed by atoms with van der Waals surface area (Å²) in [5.74, 6) is 0. The standard InChI is InChI=1S/C6H10BNO2.U/c1-3-10-4-6(2)8(7)5-9;/h6H,2-4H2,1H3;/q-2;+2/t6-;/m1./s1. The van der Waals surface area contributed by atoms with Crippen LogP contribution in [-0.2, 0) is 9.53 Å². The van der Waals surface area contributed by atoms with Gasteiger partial charge in [-0.3, -0.25) is 0 Å². The molecule has 0 aromatic carbocycles. The fraction of sp³-hybridized carbons (Fsp3) is 0.667. The number of carbonyl (C=O) groups excluding carboxylic acids is 1. The normalized spacial score (nSPS) is 11.5. The fourth-order valence-electron chi connectivity index (χ4n) is 0.409. The van der Waals surface area contributed by atoms with E-state index < -0.39 is 0 Å². The van der Waals surface area contributed by atoms with E-state index in [2.05, 4.69) is 6.92 Å². The van der Waals surface area contributed by atoms with Crippen LogP contribution in [0.1, 0.15) is 6.92 Å². The predicted molar refractivity (Wildman–Crippen MR) is 38.9 cm³/mol. The molecule has 0 N–H and O–H groups in total. The first-order valence-corrected chi connectivity index (χ1v) is 3.05. The van der Waals surface area contributed by atoms with Crippen LogP contribution < -0.4 is 0 Å². The second-order valence-electron chi connectivity index (χ2n) is 1.81. The Kier molecular flexibility index (Phi) is 11.1. The summed E-state index contributed by atoms with van der Waals surface area (Å²) in [6.45, 7) is 6.36. The Morgan fingerprint density at radius 2 is 2.36 bits per heavy atom. The van der Waals surface area contributed by atoms with E-state index in [0.29, 0.717) is 13.2 Å². The topological polar surface area (TPSA) is 29.5 Å². The number of ether oxygens (including phenoxy) is 1. The van der Waals surface area contributed by atoms with Crippen LogP contribution in [0.2, 0.25) is 0 Å². The van der Waals surface area contributed by atoms with E-state index >= 15 is 0 Å². The third-order valence-electron chi connectivity index (χ3n) is 1.01. The Hall–Kier alpha value is 0.547. The second-order valence-corrected chi connectivity index (χ2v) is 1.81. The van der Waals surface area contributed by atoms with E-state index in [0.717, 1.165) is 4.81 Å². The zero-order valence-corrected chi connectivity index (χ0v) is 10.7. The molecule has 11 heavy (non-hydrogen) atoms. The molecule has 1 amide bonds. The number of amides is 1. The van der Waals surface area contributed by atoms with Crippen molar-refractivity contribution in [2.24, 2.45) is 0 Å². The summed E-state index contributed by atoms with van der Waals surface area (Å²) >= 11 is 0. The molecule has 0 aliphatic heterocycles.